The van der Waals surface area contributed by atoms with Gasteiger partial charge in [-0.05, 0) is 60.7 Å². The number of benzene rings is 1. The van der Waals surface area contributed by atoms with E-state index in [1.165, 1.54) is 0 Å². The van der Waals surface area contributed by atoms with Crippen LogP contribution in [0.5, 0.6) is 0 Å². The molecule has 0 aliphatic heterocycles. The third-order valence-electron chi connectivity index (χ3n) is 6.07. The first-order valence-electron chi connectivity index (χ1n) is 11.0. The van der Waals surface area contributed by atoms with E-state index in [0.29, 0.717) is 30.1 Å². The van der Waals surface area contributed by atoms with Crippen LogP contribution in [0.25, 0.3) is 5.69 Å². The Morgan fingerprint density at radius 1 is 1.27 bits per heavy atom. The number of rotatable bonds is 7. The Kier molecular flexibility index (Phi) is 6.70. The molecule has 1 aliphatic carbocycles. The third-order valence-corrected chi connectivity index (χ3v) is 6.27. The summed E-state index contributed by atoms with van der Waals surface area (Å²) in [5.74, 6) is -1.58. The summed E-state index contributed by atoms with van der Waals surface area (Å²) in [5, 5.41) is 7.58. The van der Waals surface area contributed by atoms with Crippen LogP contribution in [0.15, 0.2) is 48.9 Å². The van der Waals surface area contributed by atoms with Crippen molar-refractivity contribution in [2.75, 3.05) is 6.54 Å². The molecule has 1 amide bonds. The van der Waals surface area contributed by atoms with Crippen molar-refractivity contribution >= 4 is 29.1 Å². The molecule has 2 heterocycles. The van der Waals surface area contributed by atoms with Crippen molar-refractivity contribution in [3.63, 3.8) is 0 Å². The lowest BCUT2D eigenvalue weighted by molar-refractivity contribution is -0.124. The summed E-state index contributed by atoms with van der Waals surface area (Å²) in [7, 11) is 0. The molecule has 0 spiro atoms. The maximum absolute atomic E-state index is 13.3. The number of pyridine rings is 1. The summed E-state index contributed by atoms with van der Waals surface area (Å²) >= 11 is 6.01. The summed E-state index contributed by atoms with van der Waals surface area (Å²) in [6, 6.07) is 9.01. The van der Waals surface area contributed by atoms with Gasteiger partial charge in [0.15, 0.2) is 5.78 Å². The Balaban J connectivity index is 1.49. The van der Waals surface area contributed by atoms with Gasteiger partial charge in [-0.3, -0.25) is 19.4 Å². The lowest BCUT2D eigenvalue weighted by Crippen LogP contribution is -2.28. The molecule has 2 aromatic heterocycles. The minimum atomic E-state index is -0.758. The zero-order valence-corrected chi connectivity index (χ0v) is 19.3. The Morgan fingerprint density at radius 2 is 2.09 bits per heavy atom. The van der Waals surface area contributed by atoms with Crippen molar-refractivity contribution in [1.82, 2.24) is 20.1 Å². The van der Waals surface area contributed by atoms with E-state index in [0.717, 1.165) is 22.4 Å². The normalized spacial score (nSPS) is 18.0. The first-order chi connectivity index (χ1) is 15.9. The molecule has 1 aliphatic rings. The lowest BCUT2D eigenvalue weighted by atomic mass is 9.85. The SMILES string of the molecule is CCc1cc(-n2cc(Cl)cn2)cc(C)c1C1C(=O)C[C@H](CCNC(=O)c2ccccn2)C1=O. The maximum Gasteiger partial charge on any atom is 0.269 e. The number of halogens is 1. The number of carbonyl (C=O) groups is 3. The molecule has 1 unspecified atom stereocenters. The largest absolute Gasteiger partial charge is 0.351 e. The molecule has 1 fully saturated rings. The number of hydrogen-bond acceptors (Lipinski definition) is 5. The van der Waals surface area contributed by atoms with Crippen LogP contribution < -0.4 is 5.32 Å². The first kappa shape index (κ1) is 22.9. The van der Waals surface area contributed by atoms with E-state index in [-0.39, 0.29) is 23.9 Å². The van der Waals surface area contributed by atoms with Gasteiger partial charge in [-0.25, -0.2) is 4.68 Å². The van der Waals surface area contributed by atoms with Gasteiger partial charge in [0.2, 0.25) is 0 Å². The van der Waals surface area contributed by atoms with Crippen LogP contribution >= 0.6 is 11.6 Å². The fraction of sp³-hybridized carbons (Fsp3) is 0.320. The predicted molar refractivity (Wildman–Crippen MR) is 125 cm³/mol. The molecule has 170 valence electrons. The fourth-order valence-electron chi connectivity index (χ4n) is 4.48. The highest BCUT2D eigenvalue weighted by molar-refractivity contribution is 6.30. The van der Waals surface area contributed by atoms with E-state index in [2.05, 4.69) is 15.4 Å². The van der Waals surface area contributed by atoms with Crippen LogP contribution in [-0.2, 0) is 16.0 Å². The minimum absolute atomic E-state index is 0.0614. The molecule has 8 heteroatoms. The Morgan fingerprint density at radius 3 is 2.76 bits per heavy atom. The summed E-state index contributed by atoms with van der Waals surface area (Å²) < 4.78 is 1.68. The van der Waals surface area contributed by atoms with Gasteiger partial charge >= 0.3 is 0 Å². The Labute approximate surface area is 197 Å². The molecule has 7 nitrogen and oxygen atoms in total. The topological polar surface area (TPSA) is 93.9 Å². The van der Waals surface area contributed by atoms with E-state index in [9.17, 15) is 14.4 Å². The molecule has 1 saturated carbocycles. The van der Waals surface area contributed by atoms with E-state index in [4.69, 9.17) is 11.6 Å². The molecule has 33 heavy (non-hydrogen) atoms. The monoisotopic (exact) mass is 464 g/mol. The second-order valence-corrected chi connectivity index (χ2v) is 8.69. The smallest absolute Gasteiger partial charge is 0.269 e. The van der Waals surface area contributed by atoms with Crippen molar-refractivity contribution in [2.45, 2.75) is 39.0 Å². The molecular weight excluding hydrogens is 440 g/mol. The molecule has 0 saturated heterocycles. The summed E-state index contributed by atoms with van der Waals surface area (Å²) in [6.07, 6.45) is 6.14. The number of nitrogens with one attached hydrogen (secondary N) is 1. The number of aryl methyl sites for hydroxylation is 2. The van der Waals surface area contributed by atoms with Gasteiger partial charge in [0.05, 0.1) is 16.9 Å². The van der Waals surface area contributed by atoms with Gasteiger partial charge in [0.1, 0.15) is 17.4 Å². The van der Waals surface area contributed by atoms with E-state index in [1.807, 2.05) is 26.0 Å². The summed E-state index contributed by atoms with van der Waals surface area (Å²) in [6.45, 7) is 4.24. The average Bonchev–Trinajstić information content (AvgIpc) is 3.36. The van der Waals surface area contributed by atoms with Crippen LogP contribution in [-0.4, -0.2) is 38.8 Å². The standard InChI is InChI=1S/C25H25ClN4O3/c1-3-16-11-19(30-14-18(26)13-29-30)10-15(2)22(16)23-21(31)12-17(24(23)32)7-9-28-25(33)20-6-4-5-8-27-20/h4-6,8,10-11,13-14,17,23H,3,7,9,12H2,1-2H3,(H,28,33)/t17-,23?/m0/s1. The number of Topliss-reactive ketones (excluding diaryl/α,β-unsaturated/α-hetero) is 2. The van der Waals surface area contributed by atoms with Crippen molar-refractivity contribution in [2.24, 2.45) is 5.92 Å². The van der Waals surface area contributed by atoms with Crippen LogP contribution in [0.3, 0.4) is 0 Å². The number of ketones is 2. The molecule has 0 radical (unpaired) electrons. The molecule has 1 N–H and O–H groups in total. The average molecular weight is 465 g/mol. The molecular formula is C25H25ClN4O3. The summed E-state index contributed by atoms with van der Waals surface area (Å²) in [5.41, 5.74) is 3.80. The van der Waals surface area contributed by atoms with Gasteiger partial charge in [-0.15, -0.1) is 0 Å². The highest BCUT2D eigenvalue weighted by atomic mass is 35.5. The van der Waals surface area contributed by atoms with Crippen LogP contribution in [0.2, 0.25) is 5.02 Å². The quantitative estimate of drug-likeness (QED) is 0.536. The van der Waals surface area contributed by atoms with E-state index in [1.54, 1.807) is 41.5 Å². The second kappa shape index (κ2) is 9.67. The maximum atomic E-state index is 13.3. The highest BCUT2D eigenvalue weighted by Gasteiger charge is 2.43. The molecule has 1 aromatic carbocycles. The van der Waals surface area contributed by atoms with Gasteiger partial charge in [-0.1, -0.05) is 24.6 Å². The molecule has 3 aromatic rings. The van der Waals surface area contributed by atoms with Crippen LogP contribution in [0.4, 0.5) is 0 Å². The Bertz CT molecular complexity index is 1210. The Hall–Kier alpha value is -3.32. The number of hydrogen-bond donors (Lipinski definition) is 1. The number of amides is 1. The molecule has 4 rings (SSSR count). The number of carbonyl (C=O) groups excluding carboxylic acids is 3. The van der Waals surface area contributed by atoms with Gasteiger partial charge in [-0.2, -0.15) is 5.10 Å². The van der Waals surface area contributed by atoms with Crippen molar-refractivity contribution in [3.8, 4) is 5.69 Å². The van der Waals surface area contributed by atoms with Crippen LogP contribution in [0, 0.1) is 12.8 Å². The van der Waals surface area contributed by atoms with Gasteiger partial charge in [0.25, 0.3) is 5.91 Å². The van der Waals surface area contributed by atoms with Crippen LogP contribution in [0.1, 0.15) is 52.9 Å². The number of nitrogens with zero attached hydrogens (tertiary/aromatic N) is 3. The number of aromatic nitrogens is 3. The minimum Gasteiger partial charge on any atom is -0.351 e. The molecule has 0 bridgehead atoms. The highest BCUT2D eigenvalue weighted by Crippen LogP contribution is 2.38. The molecule has 2 atom stereocenters. The lowest BCUT2D eigenvalue weighted by Gasteiger charge is -2.18. The first-order valence-corrected chi connectivity index (χ1v) is 11.4. The fourth-order valence-corrected chi connectivity index (χ4v) is 4.62. The second-order valence-electron chi connectivity index (χ2n) is 8.25. The van der Waals surface area contributed by atoms with Crippen molar-refractivity contribution in [1.29, 1.82) is 0 Å². The van der Waals surface area contributed by atoms with Gasteiger partial charge in [0, 0.05) is 31.3 Å². The van der Waals surface area contributed by atoms with Gasteiger partial charge < -0.3 is 5.32 Å². The summed E-state index contributed by atoms with van der Waals surface area (Å²) in [4.78, 5) is 42.4. The van der Waals surface area contributed by atoms with E-state index < -0.39 is 11.8 Å². The predicted octanol–water partition coefficient (Wildman–Crippen LogP) is 3.85. The zero-order valence-electron chi connectivity index (χ0n) is 18.5. The van der Waals surface area contributed by atoms with Crippen molar-refractivity contribution in [3.05, 3.63) is 76.3 Å². The van der Waals surface area contributed by atoms with Crippen molar-refractivity contribution < 1.29 is 14.4 Å². The third kappa shape index (κ3) is 4.73. The van der Waals surface area contributed by atoms with E-state index >= 15 is 0 Å². The zero-order chi connectivity index (χ0) is 23.5.